The first-order valence-corrected chi connectivity index (χ1v) is 8.28. The molecule has 0 aliphatic carbocycles. The minimum Gasteiger partial charge on any atom is -0.465 e. The first-order chi connectivity index (χ1) is 13.1. The minimum atomic E-state index is -0.543. The van der Waals surface area contributed by atoms with Crippen LogP contribution in [0.5, 0.6) is 0 Å². The second-order valence-corrected chi connectivity index (χ2v) is 5.85. The van der Waals surface area contributed by atoms with E-state index in [-0.39, 0.29) is 11.3 Å². The molecule has 0 fully saturated rings. The zero-order valence-corrected chi connectivity index (χ0v) is 15.0. The molecule has 0 unspecified atom stereocenters. The number of amides is 1. The lowest BCUT2D eigenvalue weighted by molar-refractivity contribution is 0.0602. The van der Waals surface area contributed by atoms with Crippen molar-refractivity contribution in [1.29, 1.82) is 0 Å². The van der Waals surface area contributed by atoms with Gasteiger partial charge in [-0.15, -0.1) is 0 Å². The van der Waals surface area contributed by atoms with Crippen LogP contribution in [-0.2, 0) is 4.74 Å². The number of anilines is 3. The second kappa shape index (κ2) is 8.29. The normalized spacial score (nSPS) is 10.1. The fourth-order valence-electron chi connectivity index (χ4n) is 2.29. The molecule has 2 N–H and O–H groups in total. The predicted molar refractivity (Wildman–Crippen MR) is 103 cm³/mol. The summed E-state index contributed by atoms with van der Waals surface area (Å²) in [6, 6.07) is 13.7. The van der Waals surface area contributed by atoms with Crippen LogP contribution >= 0.6 is 11.6 Å². The van der Waals surface area contributed by atoms with Gasteiger partial charge in [0.2, 0.25) is 0 Å². The van der Waals surface area contributed by atoms with E-state index in [4.69, 9.17) is 16.3 Å². The van der Waals surface area contributed by atoms with Crippen molar-refractivity contribution in [3.05, 3.63) is 77.2 Å². The number of methoxy groups -OCH3 is 1. The molecule has 0 radical (unpaired) electrons. The van der Waals surface area contributed by atoms with Gasteiger partial charge in [0.15, 0.2) is 0 Å². The first kappa shape index (κ1) is 18.3. The summed E-state index contributed by atoms with van der Waals surface area (Å²) in [4.78, 5) is 32.4. The van der Waals surface area contributed by atoms with E-state index in [0.717, 1.165) is 5.69 Å². The van der Waals surface area contributed by atoms with E-state index in [0.29, 0.717) is 16.5 Å². The number of esters is 1. The molecule has 7 nitrogen and oxygen atoms in total. The molecule has 0 aliphatic rings. The number of nitrogens with zero attached hydrogens (tertiary/aromatic N) is 2. The van der Waals surface area contributed by atoms with Crippen LogP contribution in [0.1, 0.15) is 20.8 Å². The third-order valence-electron chi connectivity index (χ3n) is 3.56. The largest absolute Gasteiger partial charge is 0.465 e. The summed E-state index contributed by atoms with van der Waals surface area (Å²) in [5, 5.41) is 6.27. The van der Waals surface area contributed by atoms with E-state index < -0.39 is 11.9 Å². The molecule has 3 rings (SSSR count). The maximum Gasteiger partial charge on any atom is 0.339 e. The van der Waals surface area contributed by atoms with Crippen LogP contribution in [0, 0.1) is 0 Å². The first-order valence-electron chi connectivity index (χ1n) is 7.90. The Bertz CT molecular complexity index is 977. The molecule has 0 spiro atoms. The SMILES string of the molecule is COC(=O)c1ccccc1NC(=O)c1cnc(Nc2cccc(Cl)c2)cn1. The van der Waals surface area contributed by atoms with E-state index in [2.05, 4.69) is 20.6 Å². The molecule has 0 atom stereocenters. The maximum absolute atomic E-state index is 12.4. The maximum atomic E-state index is 12.4. The zero-order chi connectivity index (χ0) is 19.2. The van der Waals surface area contributed by atoms with Crippen molar-refractivity contribution in [3.63, 3.8) is 0 Å². The van der Waals surface area contributed by atoms with Gasteiger partial charge in [0.25, 0.3) is 5.91 Å². The van der Waals surface area contributed by atoms with Crippen molar-refractivity contribution >= 4 is 40.7 Å². The van der Waals surface area contributed by atoms with E-state index in [1.165, 1.54) is 19.5 Å². The highest BCUT2D eigenvalue weighted by Gasteiger charge is 2.15. The van der Waals surface area contributed by atoms with Gasteiger partial charge in [-0.25, -0.2) is 14.8 Å². The van der Waals surface area contributed by atoms with Crippen molar-refractivity contribution in [2.75, 3.05) is 17.7 Å². The summed E-state index contributed by atoms with van der Waals surface area (Å²) in [5.74, 6) is -0.574. The fourth-order valence-corrected chi connectivity index (χ4v) is 2.48. The molecular weight excluding hydrogens is 368 g/mol. The quantitative estimate of drug-likeness (QED) is 0.650. The highest BCUT2D eigenvalue weighted by atomic mass is 35.5. The lowest BCUT2D eigenvalue weighted by atomic mass is 10.1. The molecule has 136 valence electrons. The van der Waals surface area contributed by atoms with Gasteiger partial charge in [0, 0.05) is 10.7 Å². The molecule has 1 aromatic heterocycles. The van der Waals surface area contributed by atoms with E-state index in [9.17, 15) is 9.59 Å². The molecule has 0 bridgehead atoms. The van der Waals surface area contributed by atoms with Crippen LogP contribution in [0.15, 0.2) is 60.9 Å². The lowest BCUT2D eigenvalue weighted by Gasteiger charge is -2.09. The van der Waals surface area contributed by atoms with Crippen molar-refractivity contribution in [1.82, 2.24) is 9.97 Å². The summed E-state index contributed by atoms with van der Waals surface area (Å²) < 4.78 is 4.71. The molecule has 27 heavy (non-hydrogen) atoms. The fraction of sp³-hybridized carbons (Fsp3) is 0.0526. The van der Waals surface area contributed by atoms with Crippen molar-refractivity contribution < 1.29 is 14.3 Å². The number of ether oxygens (including phenoxy) is 1. The molecular formula is C19H15ClN4O3. The highest BCUT2D eigenvalue weighted by Crippen LogP contribution is 2.19. The van der Waals surface area contributed by atoms with Gasteiger partial charge < -0.3 is 15.4 Å². The Balaban J connectivity index is 1.72. The summed E-state index contributed by atoms with van der Waals surface area (Å²) in [5.41, 5.74) is 1.44. The number of halogens is 1. The number of carbonyl (C=O) groups is 2. The second-order valence-electron chi connectivity index (χ2n) is 5.41. The van der Waals surface area contributed by atoms with Gasteiger partial charge in [-0.2, -0.15) is 0 Å². The number of rotatable bonds is 5. The Kier molecular flexibility index (Phi) is 5.63. The molecule has 0 saturated carbocycles. The van der Waals surface area contributed by atoms with Crippen LogP contribution in [0.2, 0.25) is 5.02 Å². The van der Waals surface area contributed by atoms with Crippen molar-refractivity contribution in [2.24, 2.45) is 0 Å². The van der Waals surface area contributed by atoms with E-state index in [1.54, 1.807) is 42.5 Å². The Labute approximate surface area is 160 Å². The third-order valence-corrected chi connectivity index (χ3v) is 3.80. The Morgan fingerprint density at radius 3 is 2.56 bits per heavy atom. The molecule has 8 heteroatoms. The van der Waals surface area contributed by atoms with Gasteiger partial charge in [0.1, 0.15) is 11.5 Å². The van der Waals surface area contributed by atoms with Crippen LogP contribution in [0.25, 0.3) is 0 Å². The van der Waals surface area contributed by atoms with Gasteiger partial charge in [-0.1, -0.05) is 29.8 Å². The lowest BCUT2D eigenvalue weighted by Crippen LogP contribution is -2.17. The number of aromatic nitrogens is 2. The molecule has 3 aromatic rings. The predicted octanol–water partition coefficient (Wildman–Crippen LogP) is 3.91. The summed E-state index contributed by atoms with van der Waals surface area (Å²) in [7, 11) is 1.28. The van der Waals surface area contributed by atoms with Gasteiger partial charge >= 0.3 is 5.97 Å². The minimum absolute atomic E-state index is 0.103. The van der Waals surface area contributed by atoms with Crippen LogP contribution in [0.3, 0.4) is 0 Å². The Morgan fingerprint density at radius 2 is 1.85 bits per heavy atom. The number of carbonyl (C=O) groups excluding carboxylic acids is 2. The smallest absolute Gasteiger partial charge is 0.339 e. The number of hydrogen-bond donors (Lipinski definition) is 2. The van der Waals surface area contributed by atoms with Crippen molar-refractivity contribution in [3.8, 4) is 0 Å². The van der Waals surface area contributed by atoms with Crippen molar-refractivity contribution in [2.45, 2.75) is 0 Å². The number of para-hydroxylation sites is 1. The standard InChI is InChI=1S/C19H15ClN4O3/c1-27-19(26)14-7-2-3-8-15(14)24-18(25)16-10-22-17(11-21-16)23-13-6-4-5-12(20)9-13/h2-11H,1H3,(H,22,23)(H,24,25). The summed E-state index contributed by atoms with van der Waals surface area (Å²) >= 11 is 5.94. The third kappa shape index (κ3) is 4.59. The van der Waals surface area contributed by atoms with E-state index >= 15 is 0 Å². The zero-order valence-electron chi connectivity index (χ0n) is 14.3. The average Bonchev–Trinajstić information content (AvgIpc) is 2.68. The summed E-state index contributed by atoms with van der Waals surface area (Å²) in [6.07, 6.45) is 2.77. The molecule has 1 heterocycles. The number of hydrogen-bond acceptors (Lipinski definition) is 6. The number of benzene rings is 2. The number of nitrogens with one attached hydrogen (secondary N) is 2. The molecule has 0 saturated heterocycles. The Morgan fingerprint density at radius 1 is 1.04 bits per heavy atom. The van der Waals surface area contributed by atoms with Gasteiger partial charge in [0.05, 0.1) is 30.8 Å². The van der Waals surface area contributed by atoms with Gasteiger partial charge in [-0.05, 0) is 30.3 Å². The van der Waals surface area contributed by atoms with E-state index in [1.807, 2.05) is 6.07 Å². The summed E-state index contributed by atoms with van der Waals surface area (Å²) in [6.45, 7) is 0. The molecule has 0 aliphatic heterocycles. The van der Waals surface area contributed by atoms with Gasteiger partial charge in [-0.3, -0.25) is 4.79 Å². The Hall–Kier alpha value is -3.45. The topological polar surface area (TPSA) is 93.2 Å². The average molecular weight is 383 g/mol. The van der Waals surface area contributed by atoms with Crippen LogP contribution < -0.4 is 10.6 Å². The van der Waals surface area contributed by atoms with Crippen LogP contribution in [0.4, 0.5) is 17.2 Å². The molecule has 1 amide bonds. The highest BCUT2D eigenvalue weighted by molar-refractivity contribution is 6.30. The van der Waals surface area contributed by atoms with Crippen LogP contribution in [-0.4, -0.2) is 29.0 Å². The molecule has 2 aromatic carbocycles. The monoisotopic (exact) mass is 382 g/mol.